The van der Waals surface area contributed by atoms with E-state index in [1.54, 1.807) is 12.1 Å². The SMILES string of the molecule is Cc1cc(-c2ccc(C(C)(C)C)cc2)nc(Cl)c1C(C)C.Cc1nc(-c2ccc(C(C)(C)C)cc2)cc(Cl)c1C(C)C.Cc1nc(-c2ccc(C(C)(C)C)cc2C#N)nc(N)c1C(C)C.Cc1nc(-c2ccc(C(F)(F)C(C)C)cc2)nc(N)c1C(C)C. The van der Waals surface area contributed by atoms with Gasteiger partial charge in [0.15, 0.2) is 11.6 Å². The molecule has 0 spiro atoms. The van der Waals surface area contributed by atoms with Crippen molar-refractivity contribution in [3.63, 3.8) is 0 Å². The summed E-state index contributed by atoms with van der Waals surface area (Å²) in [6.45, 7) is 47.5. The molecule has 8 rings (SSSR count). The van der Waals surface area contributed by atoms with E-state index in [9.17, 15) is 14.0 Å². The standard InChI is InChI=1S/2C19H24ClN.C19H24N4.C18H23F2N3/c1-12(2)18-13(3)21-17(11-16(18)20)14-7-9-15(10-8-14)19(4,5)6;1-12(2)17-13(3)11-16(21-18(17)20)14-7-9-15(10-8-14)19(4,5)6;1-11(2)16-12(3)22-18(23-17(16)21)15-8-7-14(19(4,5)6)9-13(15)10-20;1-10(2)15-12(5)22-17(23-16(15)21)13-6-8-14(9-7-13)18(19,20)11(3)4/h2*7-12H,1-6H3;7-9,11H,1-6H3,(H2,21,22,23);6-11H,1-5H3,(H2,21,22,23). The lowest BCUT2D eigenvalue weighted by Crippen LogP contribution is -2.20. The van der Waals surface area contributed by atoms with E-state index in [-0.39, 0.29) is 33.6 Å². The fourth-order valence-electron chi connectivity index (χ4n) is 10.6. The number of nitrogens with two attached hydrogens (primary N) is 2. The summed E-state index contributed by atoms with van der Waals surface area (Å²) in [5, 5.41) is 11.0. The number of alkyl halides is 2. The first kappa shape index (κ1) is 71.6. The lowest BCUT2D eigenvalue weighted by molar-refractivity contribution is -0.0513. The molecular weight excluding hydrogens is 1140 g/mol. The number of hydrogen-bond acceptors (Lipinski definition) is 9. The number of aryl methyl sites for hydroxylation is 4. The third kappa shape index (κ3) is 17.8. The number of anilines is 2. The molecule has 0 atom stereocenters. The predicted octanol–water partition coefficient (Wildman–Crippen LogP) is 21.5. The molecule has 8 aromatic rings. The second-order valence-electron chi connectivity index (χ2n) is 27.6. The molecule has 4 N–H and O–H groups in total. The highest BCUT2D eigenvalue weighted by Gasteiger charge is 2.35. The van der Waals surface area contributed by atoms with Gasteiger partial charge in [0.1, 0.15) is 16.8 Å². The zero-order chi connectivity index (χ0) is 66.3. The Balaban J connectivity index is 0.000000214. The molecule has 468 valence electrons. The van der Waals surface area contributed by atoms with Gasteiger partial charge in [-0.25, -0.2) is 33.7 Å². The molecule has 9 nitrogen and oxygen atoms in total. The molecule has 88 heavy (non-hydrogen) atoms. The van der Waals surface area contributed by atoms with Crippen molar-refractivity contribution in [2.24, 2.45) is 5.92 Å². The average Bonchev–Trinajstić information content (AvgIpc) is 2.87. The summed E-state index contributed by atoms with van der Waals surface area (Å²) in [5.41, 5.74) is 30.4. The van der Waals surface area contributed by atoms with Crippen molar-refractivity contribution >= 4 is 34.8 Å². The van der Waals surface area contributed by atoms with Crippen molar-refractivity contribution < 1.29 is 8.78 Å². The van der Waals surface area contributed by atoms with Crippen LogP contribution in [0.1, 0.15) is 228 Å². The van der Waals surface area contributed by atoms with Gasteiger partial charge in [-0.05, 0) is 125 Å². The molecule has 0 aliphatic heterocycles. The number of hydrogen-bond donors (Lipinski definition) is 2. The molecule has 0 unspecified atom stereocenters. The summed E-state index contributed by atoms with van der Waals surface area (Å²) in [6, 6.07) is 35.6. The minimum absolute atomic E-state index is 0.000237. The maximum absolute atomic E-state index is 14.0. The van der Waals surface area contributed by atoms with Gasteiger partial charge in [0.25, 0.3) is 5.92 Å². The zero-order valence-electron chi connectivity index (χ0n) is 56.5. The Kier molecular flexibility index (Phi) is 23.6. The lowest BCUT2D eigenvalue weighted by Gasteiger charge is -2.21. The van der Waals surface area contributed by atoms with Gasteiger partial charge < -0.3 is 11.5 Å². The van der Waals surface area contributed by atoms with Crippen LogP contribution in [0.3, 0.4) is 0 Å². The number of nitriles is 1. The molecule has 0 saturated heterocycles. The van der Waals surface area contributed by atoms with E-state index < -0.39 is 11.8 Å². The van der Waals surface area contributed by atoms with E-state index in [0.29, 0.717) is 51.4 Å². The van der Waals surface area contributed by atoms with E-state index in [1.165, 1.54) is 42.7 Å². The van der Waals surface area contributed by atoms with Crippen molar-refractivity contribution in [2.75, 3.05) is 11.5 Å². The number of benzene rings is 4. The Morgan fingerprint density at radius 1 is 0.432 bits per heavy atom. The van der Waals surface area contributed by atoms with E-state index in [0.717, 1.165) is 78.0 Å². The number of nitrogen functional groups attached to an aromatic ring is 2. The molecule has 0 bridgehead atoms. The summed E-state index contributed by atoms with van der Waals surface area (Å²) in [5.74, 6) is -0.414. The van der Waals surface area contributed by atoms with E-state index in [4.69, 9.17) is 39.7 Å². The van der Waals surface area contributed by atoms with Crippen molar-refractivity contribution in [3.05, 3.63) is 186 Å². The molecule has 0 aliphatic carbocycles. The van der Waals surface area contributed by atoms with Gasteiger partial charge in [0.2, 0.25) is 0 Å². The predicted molar refractivity (Wildman–Crippen MR) is 368 cm³/mol. The summed E-state index contributed by atoms with van der Waals surface area (Å²) in [6.07, 6.45) is 0. The molecule has 0 fully saturated rings. The Morgan fingerprint density at radius 3 is 1.18 bits per heavy atom. The fourth-order valence-corrected chi connectivity index (χ4v) is 11.5. The molecule has 0 saturated carbocycles. The van der Waals surface area contributed by atoms with Gasteiger partial charge in [-0.3, -0.25) is 4.98 Å². The van der Waals surface area contributed by atoms with Gasteiger partial charge in [-0.2, -0.15) is 5.26 Å². The normalized spacial score (nSPS) is 11.9. The van der Waals surface area contributed by atoms with Gasteiger partial charge in [-0.15, -0.1) is 0 Å². The van der Waals surface area contributed by atoms with Gasteiger partial charge in [0, 0.05) is 67.0 Å². The molecule has 4 aromatic carbocycles. The molecule has 13 heteroatoms. The molecule has 0 radical (unpaired) electrons. The van der Waals surface area contributed by atoms with Crippen LogP contribution in [0.15, 0.2) is 103 Å². The topological polar surface area (TPSA) is 153 Å². The highest BCUT2D eigenvalue weighted by atomic mass is 35.5. The van der Waals surface area contributed by atoms with Crippen LogP contribution in [-0.4, -0.2) is 29.9 Å². The fraction of sp³-hybridized carbons (Fsp3) is 0.427. The highest BCUT2D eigenvalue weighted by molar-refractivity contribution is 6.31. The quantitative estimate of drug-likeness (QED) is 0.127. The number of halogens is 4. The van der Waals surface area contributed by atoms with Crippen LogP contribution < -0.4 is 11.5 Å². The van der Waals surface area contributed by atoms with Crippen LogP contribution in [0, 0.1) is 44.9 Å². The second-order valence-corrected chi connectivity index (χ2v) is 28.4. The highest BCUT2D eigenvalue weighted by Crippen LogP contribution is 2.38. The van der Waals surface area contributed by atoms with Crippen molar-refractivity contribution in [3.8, 4) is 51.4 Å². The first-order valence-corrected chi connectivity index (χ1v) is 31.3. The number of pyridine rings is 2. The summed E-state index contributed by atoms with van der Waals surface area (Å²) in [7, 11) is 0. The summed E-state index contributed by atoms with van der Waals surface area (Å²) >= 11 is 12.8. The Bertz CT molecular complexity index is 3520. The maximum Gasteiger partial charge on any atom is 0.275 e. The largest absolute Gasteiger partial charge is 0.383 e. The zero-order valence-corrected chi connectivity index (χ0v) is 58.0. The number of nitrogens with zero attached hydrogens (tertiary/aromatic N) is 7. The molecule has 0 amide bonds. The van der Waals surface area contributed by atoms with Crippen LogP contribution >= 0.6 is 23.2 Å². The second kappa shape index (κ2) is 29.0. The first-order valence-electron chi connectivity index (χ1n) is 30.6. The maximum atomic E-state index is 14.0. The minimum atomic E-state index is -2.85. The third-order valence-electron chi connectivity index (χ3n) is 15.7. The van der Waals surface area contributed by atoms with Crippen LogP contribution in [0.2, 0.25) is 10.2 Å². The van der Waals surface area contributed by atoms with Crippen molar-refractivity contribution in [1.82, 2.24) is 29.9 Å². The van der Waals surface area contributed by atoms with Crippen LogP contribution in [-0.2, 0) is 22.2 Å². The first-order chi connectivity index (χ1) is 40.7. The molecule has 0 aliphatic rings. The smallest absolute Gasteiger partial charge is 0.275 e. The van der Waals surface area contributed by atoms with Gasteiger partial charge in [0.05, 0.1) is 23.0 Å². The Labute approximate surface area is 535 Å². The van der Waals surface area contributed by atoms with Gasteiger partial charge >= 0.3 is 0 Å². The Morgan fingerprint density at radius 2 is 0.807 bits per heavy atom. The third-order valence-corrected chi connectivity index (χ3v) is 16.3. The van der Waals surface area contributed by atoms with Crippen molar-refractivity contribution in [2.45, 2.75) is 205 Å². The lowest BCUT2D eigenvalue weighted by atomic mass is 9.85. The average molecular weight is 1230 g/mol. The molecule has 4 aromatic heterocycles. The van der Waals surface area contributed by atoms with Crippen LogP contribution in [0.4, 0.5) is 20.4 Å². The van der Waals surface area contributed by atoms with Crippen molar-refractivity contribution in [1.29, 1.82) is 5.26 Å². The Hall–Kier alpha value is -7.13. The van der Waals surface area contributed by atoms with Crippen LogP contribution in [0.25, 0.3) is 45.3 Å². The van der Waals surface area contributed by atoms with E-state index in [2.05, 4.69) is 196 Å². The number of rotatable bonds is 10. The monoisotopic (exact) mass is 1230 g/mol. The summed E-state index contributed by atoms with van der Waals surface area (Å²) < 4.78 is 28.1. The van der Waals surface area contributed by atoms with Crippen LogP contribution in [0.5, 0.6) is 0 Å². The molecular formula is C75H95Cl2F2N9. The van der Waals surface area contributed by atoms with E-state index >= 15 is 0 Å². The van der Waals surface area contributed by atoms with E-state index in [1.807, 2.05) is 58.9 Å². The molecule has 4 heterocycles. The minimum Gasteiger partial charge on any atom is -0.383 e. The number of aromatic nitrogens is 6. The summed E-state index contributed by atoms with van der Waals surface area (Å²) in [4.78, 5) is 27.1. The van der Waals surface area contributed by atoms with Gasteiger partial charge in [-0.1, -0.05) is 234 Å².